The van der Waals surface area contributed by atoms with E-state index >= 15 is 0 Å². The molecule has 2 rings (SSSR count). The molecule has 2 nitrogen and oxygen atoms in total. The molecule has 0 aromatic heterocycles. The lowest BCUT2D eigenvalue weighted by Gasteiger charge is -2.31. The number of hydrogen-bond acceptors (Lipinski definition) is 2. The molecule has 1 heterocycles. The van der Waals surface area contributed by atoms with E-state index in [2.05, 4.69) is 0 Å². The Hall–Kier alpha value is -0.830. The van der Waals surface area contributed by atoms with Crippen LogP contribution in [-0.4, -0.2) is 19.1 Å². The Morgan fingerprint density at radius 2 is 2.36 bits per heavy atom. The molecule has 0 bridgehead atoms. The zero-order valence-electron chi connectivity index (χ0n) is 5.92. The van der Waals surface area contributed by atoms with Crippen LogP contribution in [0, 0.1) is 6.42 Å². The minimum atomic E-state index is -1.80. The van der Waals surface area contributed by atoms with Crippen LogP contribution >= 0.6 is 0 Å². The van der Waals surface area contributed by atoms with Gasteiger partial charge < -0.3 is 9.47 Å². The Kier molecular flexibility index (Phi) is 1.46. The molecule has 0 amide bonds. The molecule has 0 N–H and O–H groups in total. The highest BCUT2D eigenvalue weighted by Gasteiger charge is 2.38. The first-order valence-corrected chi connectivity index (χ1v) is 3.50. The molecule has 1 aliphatic heterocycles. The summed E-state index contributed by atoms with van der Waals surface area (Å²) in [5.74, 6) is -1.54. The van der Waals surface area contributed by atoms with E-state index in [0.717, 1.165) is 0 Å². The minimum absolute atomic E-state index is 0.256. The summed E-state index contributed by atoms with van der Waals surface area (Å²) in [6.07, 6.45) is 6.26. The number of ether oxygens (including phenoxy) is 2. The van der Waals surface area contributed by atoms with E-state index in [-0.39, 0.29) is 5.76 Å². The van der Waals surface area contributed by atoms with Crippen molar-refractivity contribution in [2.24, 2.45) is 0 Å². The smallest absolute Gasteiger partial charge is 0.286 e. The van der Waals surface area contributed by atoms with Crippen LogP contribution in [0.15, 0.2) is 24.0 Å². The third-order valence-corrected chi connectivity index (χ3v) is 1.66. The number of allylic oxidation sites excluding steroid dienone is 2. The molecule has 0 aromatic carbocycles. The molecule has 0 spiro atoms. The fraction of sp³-hybridized carbons (Fsp3) is 0.375. The van der Waals surface area contributed by atoms with Crippen LogP contribution in [0.3, 0.4) is 0 Å². The third-order valence-electron chi connectivity index (χ3n) is 1.66. The van der Waals surface area contributed by atoms with E-state index in [1.807, 2.05) is 0 Å². The van der Waals surface area contributed by atoms with Crippen molar-refractivity contribution >= 4 is 0 Å². The summed E-state index contributed by atoms with van der Waals surface area (Å²) in [5.41, 5.74) is 0. The molecule has 11 heavy (non-hydrogen) atoms. The lowest BCUT2D eigenvalue weighted by molar-refractivity contribution is -0.157. The van der Waals surface area contributed by atoms with Crippen LogP contribution in [-0.2, 0) is 9.47 Å². The highest BCUT2D eigenvalue weighted by molar-refractivity contribution is 5.29. The normalized spacial score (nSPS) is 35.5. The maximum Gasteiger partial charge on any atom is 0.286 e. The molecule has 1 radical (unpaired) electrons. The largest absolute Gasteiger partial charge is 0.489 e. The Morgan fingerprint density at radius 3 is 3.18 bits per heavy atom. The molecule has 0 saturated carbocycles. The Bertz CT molecular complexity index is 222. The molecule has 59 valence electrons. The number of hydrogen-bond donors (Lipinski definition) is 0. The van der Waals surface area contributed by atoms with Crippen molar-refractivity contribution in [3.8, 4) is 0 Å². The first-order chi connectivity index (χ1) is 5.31. The zero-order valence-corrected chi connectivity index (χ0v) is 5.92. The summed E-state index contributed by atoms with van der Waals surface area (Å²) in [6.45, 7) is 0.733. The van der Waals surface area contributed by atoms with E-state index in [0.29, 0.717) is 13.2 Å². The molecule has 1 fully saturated rings. The van der Waals surface area contributed by atoms with Gasteiger partial charge in [0.2, 0.25) is 0 Å². The number of halogens is 1. The van der Waals surface area contributed by atoms with Crippen LogP contribution in [0.5, 0.6) is 0 Å². The lowest BCUT2D eigenvalue weighted by atomic mass is 10.1. The van der Waals surface area contributed by atoms with Crippen molar-refractivity contribution in [2.75, 3.05) is 13.2 Å². The van der Waals surface area contributed by atoms with Crippen LogP contribution < -0.4 is 0 Å². The standard InChI is InChI=1S/C8H8FO2/c9-8-4-2-1-3-7(8)10-5-6-11-8/h1-4H,5-6H2. The minimum Gasteiger partial charge on any atom is -0.489 e. The fourth-order valence-corrected chi connectivity index (χ4v) is 1.13. The Balaban J connectivity index is 2.27. The van der Waals surface area contributed by atoms with Crippen LogP contribution in [0.2, 0.25) is 0 Å². The van der Waals surface area contributed by atoms with E-state index < -0.39 is 5.85 Å². The van der Waals surface area contributed by atoms with Gasteiger partial charge in [0.25, 0.3) is 5.85 Å². The molecular weight excluding hydrogens is 147 g/mol. The average molecular weight is 155 g/mol. The maximum absolute atomic E-state index is 13.5. The van der Waals surface area contributed by atoms with Crippen molar-refractivity contribution < 1.29 is 13.9 Å². The van der Waals surface area contributed by atoms with Crippen molar-refractivity contribution in [1.82, 2.24) is 0 Å². The summed E-state index contributed by atoms with van der Waals surface area (Å²) < 4.78 is 23.5. The first-order valence-electron chi connectivity index (χ1n) is 3.50. The second kappa shape index (κ2) is 2.34. The molecule has 2 aliphatic rings. The highest BCUT2D eigenvalue weighted by atomic mass is 19.2. The Labute approximate surface area is 64.3 Å². The summed E-state index contributed by atoms with van der Waals surface area (Å²) in [6, 6.07) is 0. The zero-order chi connectivity index (χ0) is 7.73. The predicted molar refractivity (Wildman–Crippen MR) is 37.3 cm³/mol. The predicted octanol–water partition coefficient (Wildman–Crippen LogP) is 1.36. The number of fused-ring (bicyclic) bond motifs is 1. The van der Waals surface area contributed by atoms with Crippen molar-refractivity contribution in [3.05, 3.63) is 30.4 Å². The van der Waals surface area contributed by atoms with Gasteiger partial charge in [0.1, 0.15) is 6.61 Å². The van der Waals surface area contributed by atoms with Gasteiger partial charge in [-0.05, 0) is 12.2 Å². The molecule has 1 unspecified atom stereocenters. The van der Waals surface area contributed by atoms with Crippen molar-refractivity contribution in [2.45, 2.75) is 5.85 Å². The van der Waals surface area contributed by atoms with Gasteiger partial charge in [0.05, 0.1) is 6.61 Å². The maximum atomic E-state index is 13.5. The number of alkyl halides is 1. The highest BCUT2D eigenvalue weighted by Crippen LogP contribution is 2.32. The van der Waals surface area contributed by atoms with Crippen LogP contribution in [0.1, 0.15) is 0 Å². The van der Waals surface area contributed by atoms with Gasteiger partial charge in [-0.3, -0.25) is 0 Å². The van der Waals surface area contributed by atoms with E-state index in [4.69, 9.17) is 9.47 Å². The van der Waals surface area contributed by atoms with E-state index in [9.17, 15) is 4.39 Å². The van der Waals surface area contributed by atoms with Gasteiger partial charge in [0.15, 0.2) is 5.76 Å². The quantitative estimate of drug-likeness (QED) is 0.525. The van der Waals surface area contributed by atoms with Gasteiger partial charge in [-0.25, -0.2) is 0 Å². The molecule has 0 aromatic rings. The SMILES string of the molecule is FC12C=C[CH]C=C1OCCO2. The average Bonchev–Trinajstić information content (AvgIpc) is 2.03. The monoisotopic (exact) mass is 155 g/mol. The van der Waals surface area contributed by atoms with Crippen LogP contribution in [0.4, 0.5) is 4.39 Å². The molecule has 3 heteroatoms. The summed E-state index contributed by atoms with van der Waals surface area (Å²) in [5, 5.41) is 0. The van der Waals surface area contributed by atoms with Gasteiger partial charge in [0, 0.05) is 6.42 Å². The first kappa shape index (κ1) is 6.85. The van der Waals surface area contributed by atoms with Gasteiger partial charge in [-0.1, -0.05) is 6.08 Å². The molecule has 1 saturated heterocycles. The molecule has 1 aliphatic carbocycles. The van der Waals surface area contributed by atoms with Gasteiger partial charge >= 0.3 is 0 Å². The van der Waals surface area contributed by atoms with Crippen molar-refractivity contribution in [3.63, 3.8) is 0 Å². The lowest BCUT2D eigenvalue weighted by Crippen LogP contribution is -2.36. The Morgan fingerprint density at radius 1 is 1.45 bits per heavy atom. The van der Waals surface area contributed by atoms with Gasteiger partial charge in [-0.15, -0.1) is 0 Å². The molecular formula is C8H8FO2. The van der Waals surface area contributed by atoms with Crippen LogP contribution in [0.25, 0.3) is 0 Å². The fourth-order valence-electron chi connectivity index (χ4n) is 1.13. The summed E-state index contributed by atoms with van der Waals surface area (Å²) >= 11 is 0. The van der Waals surface area contributed by atoms with E-state index in [1.165, 1.54) is 6.08 Å². The summed E-state index contributed by atoms with van der Waals surface area (Å²) in [7, 11) is 0. The second-order valence-corrected chi connectivity index (χ2v) is 2.42. The summed E-state index contributed by atoms with van der Waals surface area (Å²) in [4.78, 5) is 0. The van der Waals surface area contributed by atoms with Gasteiger partial charge in [-0.2, -0.15) is 4.39 Å². The van der Waals surface area contributed by atoms with E-state index in [1.54, 1.807) is 18.6 Å². The second-order valence-electron chi connectivity index (χ2n) is 2.42. The third kappa shape index (κ3) is 1.05. The topological polar surface area (TPSA) is 18.5 Å². The molecule has 1 atom stereocenters. The van der Waals surface area contributed by atoms with Crippen molar-refractivity contribution in [1.29, 1.82) is 0 Å². The number of rotatable bonds is 0.